The van der Waals surface area contributed by atoms with Crippen molar-refractivity contribution in [3.05, 3.63) is 30.1 Å². The number of hydrogen-bond donors (Lipinski definition) is 0. The highest BCUT2D eigenvalue weighted by molar-refractivity contribution is 7.85. The quantitative estimate of drug-likeness (QED) is 0.806. The zero-order chi connectivity index (χ0) is 11.8. The Morgan fingerprint density at radius 2 is 2.18 bits per heavy atom. The van der Waals surface area contributed by atoms with E-state index in [0.29, 0.717) is 10.8 Å². The number of rotatable bonds is 3. The molecule has 0 aromatic heterocycles. The average molecular weight is 252 g/mol. The molecule has 0 aliphatic heterocycles. The predicted octanol–water partition coefficient (Wildman–Crippen LogP) is 3.37. The first-order chi connectivity index (χ1) is 8.22. The van der Waals surface area contributed by atoms with E-state index in [1.807, 2.05) is 0 Å². The van der Waals surface area contributed by atoms with Crippen molar-refractivity contribution in [2.75, 3.05) is 5.75 Å². The Labute approximate surface area is 104 Å². The molecule has 92 valence electrons. The van der Waals surface area contributed by atoms with Gasteiger partial charge in [-0.05, 0) is 55.2 Å². The molecular weight excluding hydrogens is 235 g/mol. The van der Waals surface area contributed by atoms with Crippen molar-refractivity contribution in [1.29, 1.82) is 0 Å². The minimum Gasteiger partial charge on any atom is -0.254 e. The Hall–Kier alpha value is -0.700. The van der Waals surface area contributed by atoms with Gasteiger partial charge in [-0.3, -0.25) is 4.21 Å². The molecule has 3 rings (SSSR count). The first-order valence-corrected chi connectivity index (χ1v) is 7.68. The lowest BCUT2D eigenvalue weighted by molar-refractivity contribution is 0.363. The van der Waals surface area contributed by atoms with Crippen LogP contribution in [0.5, 0.6) is 0 Å². The van der Waals surface area contributed by atoms with Crippen LogP contribution in [0.25, 0.3) is 0 Å². The van der Waals surface area contributed by atoms with Crippen molar-refractivity contribution >= 4 is 10.8 Å². The van der Waals surface area contributed by atoms with E-state index in [1.54, 1.807) is 12.1 Å². The van der Waals surface area contributed by atoms with Crippen molar-refractivity contribution in [3.63, 3.8) is 0 Å². The number of hydrogen-bond acceptors (Lipinski definition) is 1. The topological polar surface area (TPSA) is 17.1 Å². The van der Waals surface area contributed by atoms with Crippen LogP contribution in [0.4, 0.5) is 4.39 Å². The summed E-state index contributed by atoms with van der Waals surface area (Å²) in [7, 11) is -1.03. The molecule has 2 saturated carbocycles. The van der Waals surface area contributed by atoms with Gasteiger partial charge in [0.2, 0.25) is 0 Å². The molecule has 0 spiro atoms. The first kappa shape index (κ1) is 11.4. The standard InChI is InChI=1S/C14H17FOS/c15-13-2-1-3-14(8-13)17(16)9-12-7-10-4-5-11(12)6-10/h1-3,8,10-12H,4-7,9H2. The minimum atomic E-state index is -1.03. The van der Waals surface area contributed by atoms with E-state index in [1.165, 1.54) is 37.8 Å². The van der Waals surface area contributed by atoms with Gasteiger partial charge in [0.25, 0.3) is 0 Å². The number of benzene rings is 1. The second-order valence-corrected chi connectivity index (χ2v) is 6.90. The Morgan fingerprint density at radius 3 is 2.82 bits per heavy atom. The summed E-state index contributed by atoms with van der Waals surface area (Å²) in [6.45, 7) is 0. The molecule has 3 heteroatoms. The summed E-state index contributed by atoms with van der Waals surface area (Å²) < 4.78 is 25.2. The average Bonchev–Trinajstić information content (AvgIpc) is 2.91. The third kappa shape index (κ3) is 2.30. The second-order valence-electron chi connectivity index (χ2n) is 5.40. The van der Waals surface area contributed by atoms with Crippen LogP contribution in [0, 0.1) is 23.6 Å². The smallest absolute Gasteiger partial charge is 0.124 e. The lowest BCUT2D eigenvalue weighted by atomic mass is 9.90. The van der Waals surface area contributed by atoms with Crippen LogP contribution in [0.3, 0.4) is 0 Å². The molecule has 1 aromatic carbocycles. The van der Waals surface area contributed by atoms with Crippen LogP contribution < -0.4 is 0 Å². The summed E-state index contributed by atoms with van der Waals surface area (Å²) in [4.78, 5) is 0.646. The van der Waals surface area contributed by atoms with E-state index in [-0.39, 0.29) is 5.82 Å². The zero-order valence-electron chi connectivity index (χ0n) is 9.77. The van der Waals surface area contributed by atoms with Gasteiger partial charge in [0.05, 0.1) is 10.8 Å². The third-order valence-electron chi connectivity index (χ3n) is 4.31. The highest BCUT2D eigenvalue weighted by atomic mass is 32.2. The molecule has 4 unspecified atom stereocenters. The molecule has 17 heavy (non-hydrogen) atoms. The van der Waals surface area contributed by atoms with Crippen LogP contribution in [-0.4, -0.2) is 9.96 Å². The van der Waals surface area contributed by atoms with Crippen LogP contribution in [0.1, 0.15) is 25.7 Å². The Balaban J connectivity index is 1.68. The van der Waals surface area contributed by atoms with Crippen LogP contribution in [-0.2, 0) is 10.8 Å². The van der Waals surface area contributed by atoms with Gasteiger partial charge in [-0.15, -0.1) is 0 Å². The van der Waals surface area contributed by atoms with E-state index in [4.69, 9.17) is 0 Å². The summed E-state index contributed by atoms with van der Waals surface area (Å²) in [5.41, 5.74) is 0. The second kappa shape index (κ2) is 4.52. The zero-order valence-corrected chi connectivity index (χ0v) is 10.6. The molecule has 0 N–H and O–H groups in total. The molecule has 0 heterocycles. The summed E-state index contributed by atoms with van der Waals surface area (Å²) in [5, 5.41) is 0. The normalized spacial score (nSPS) is 32.9. The van der Waals surface area contributed by atoms with Crippen LogP contribution >= 0.6 is 0 Å². The summed E-state index contributed by atoms with van der Waals surface area (Å²) in [6.07, 6.45) is 5.26. The predicted molar refractivity (Wildman–Crippen MR) is 66.6 cm³/mol. The maximum Gasteiger partial charge on any atom is 0.124 e. The van der Waals surface area contributed by atoms with Gasteiger partial charge in [0, 0.05) is 10.6 Å². The van der Waals surface area contributed by atoms with Crippen molar-refractivity contribution in [1.82, 2.24) is 0 Å². The summed E-state index contributed by atoms with van der Waals surface area (Å²) in [5.74, 6) is 2.72. The van der Waals surface area contributed by atoms with E-state index < -0.39 is 10.8 Å². The maximum atomic E-state index is 13.1. The molecule has 2 aliphatic carbocycles. The highest BCUT2D eigenvalue weighted by Crippen LogP contribution is 2.48. The molecule has 1 nitrogen and oxygen atoms in total. The Morgan fingerprint density at radius 1 is 1.29 bits per heavy atom. The fourth-order valence-corrected chi connectivity index (χ4v) is 4.94. The lowest BCUT2D eigenvalue weighted by Gasteiger charge is -2.20. The largest absolute Gasteiger partial charge is 0.254 e. The van der Waals surface area contributed by atoms with Crippen LogP contribution in [0.15, 0.2) is 29.2 Å². The van der Waals surface area contributed by atoms with Gasteiger partial charge in [0.15, 0.2) is 0 Å². The van der Waals surface area contributed by atoms with E-state index in [2.05, 4.69) is 0 Å². The fraction of sp³-hybridized carbons (Fsp3) is 0.571. The van der Waals surface area contributed by atoms with Crippen molar-refractivity contribution in [3.8, 4) is 0 Å². The molecule has 2 bridgehead atoms. The SMILES string of the molecule is O=S(CC1CC2CCC1C2)c1cccc(F)c1. The minimum absolute atomic E-state index is 0.288. The van der Waals surface area contributed by atoms with Gasteiger partial charge in [-0.1, -0.05) is 12.5 Å². The molecule has 0 saturated heterocycles. The number of halogens is 1. The Kier molecular flexibility index (Phi) is 3.03. The van der Waals surface area contributed by atoms with Gasteiger partial charge < -0.3 is 0 Å². The van der Waals surface area contributed by atoms with E-state index in [9.17, 15) is 8.60 Å². The monoisotopic (exact) mass is 252 g/mol. The van der Waals surface area contributed by atoms with Crippen molar-refractivity contribution < 1.29 is 8.60 Å². The first-order valence-electron chi connectivity index (χ1n) is 6.36. The van der Waals surface area contributed by atoms with Crippen molar-refractivity contribution in [2.45, 2.75) is 30.6 Å². The summed E-state index contributed by atoms with van der Waals surface area (Å²) >= 11 is 0. The van der Waals surface area contributed by atoms with E-state index in [0.717, 1.165) is 17.6 Å². The molecule has 2 fully saturated rings. The van der Waals surface area contributed by atoms with Gasteiger partial charge >= 0.3 is 0 Å². The fourth-order valence-electron chi connectivity index (χ4n) is 3.48. The third-order valence-corrected chi connectivity index (χ3v) is 5.82. The molecule has 1 aromatic rings. The number of fused-ring (bicyclic) bond motifs is 2. The maximum absolute atomic E-state index is 13.1. The summed E-state index contributed by atoms with van der Waals surface area (Å²) in [6, 6.07) is 6.22. The van der Waals surface area contributed by atoms with Gasteiger partial charge in [-0.25, -0.2) is 4.39 Å². The van der Waals surface area contributed by atoms with Crippen LogP contribution in [0.2, 0.25) is 0 Å². The molecular formula is C14H17FOS. The molecule has 0 amide bonds. The van der Waals surface area contributed by atoms with Crippen molar-refractivity contribution in [2.24, 2.45) is 17.8 Å². The molecule has 2 aliphatic rings. The highest BCUT2D eigenvalue weighted by Gasteiger charge is 2.39. The Bertz CT molecular complexity index is 446. The van der Waals surface area contributed by atoms with E-state index >= 15 is 0 Å². The lowest BCUT2D eigenvalue weighted by Crippen LogP contribution is -2.18. The molecule has 0 radical (unpaired) electrons. The van der Waals surface area contributed by atoms with Gasteiger partial charge in [0.1, 0.15) is 5.82 Å². The molecule has 4 atom stereocenters. The van der Waals surface area contributed by atoms with Gasteiger partial charge in [-0.2, -0.15) is 0 Å².